The summed E-state index contributed by atoms with van der Waals surface area (Å²) in [6, 6.07) is 0. The Hall–Kier alpha value is -0.610. The van der Waals surface area contributed by atoms with Crippen LogP contribution in [0.25, 0.3) is 0 Å². The van der Waals surface area contributed by atoms with E-state index in [-0.39, 0.29) is 19.1 Å². The minimum absolute atomic E-state index is 0.231. The molecule has 0 atom stereocenters. The van der Waals surface area contributed by atoms with E-state index in [9.17, 15) is 4.79 Å². The number of carbonyl (C=O) groups is 1. The van der Waals surface area contributed by atoms with E-state index in [2.05, 4.69) is 0 Å². The van der Waals surface area contributed by atoms with Gasteiger partial charge in [0.25, 0.3) is 0 Å². The highest BCUT2D eigenvalue weighted by Gasteiger charge is 1.99. The predicted molar refractivity (Wildman–Crippen MR) is 55.1 cm³/mol. The SMILES string of the molecule is CC(C)C(=O)O.OCCCCCCO. The van der Waals surface area contributed by atoms with Gasteiger partial charge in [-0.15, -0.1) is 0 Å². The van der Waals surface area contributed by atoms with Gasteiger partial charge in [-0.3, -0.25) is 4.79 Å². The van der Waals surface area contributed by atoms with E-state index < -0.39 is 5.97 Å². The van der Waals surface area contributed by atoms with E-state index in [0.717, 1.165) is 25.7 Å². The molecule has 4 nitrogen and oxygen atoms in total. The number of unbranched alkanes of at least 4 members (excludes halogenated alkanes) is 3. The van der Waals surface area contributed by atoms with E-state index in [4.69, 9.17) is 15.3 Å². The van der Waals surface area contributed by atoms with Crippen molar-refractivity contribution in [1.29, 1.82) is 0 Å². The first-order chi connectivity index (χ1) is 6.56. The highest BCUT2D eigenvalue weighted by molar-refractivity contribution is 5.68. The zero-order valence-electron chi connectivity index (χ0n) is 9.07. The Kier molecular flexibility index (Phi) is 14.0. The third-order valence-corrected chi connectivity index (χ3v) is 1.56. The molecule has 0 aliphatic heterocycles. The Bertz CT molecular complexity index is 117. The molecule has 0 bridgehead atoms. The third-order valence-electron chi connectivity index (χ3n) is 1.56. The molecule has 4 heteroatoms. The van der Waals surface area contributed by atoms with Crippen molar-refractivity contribution in [3.05, 3.63) is 0 Å². The van der Waals surface area contributed by atoms with Gasteiger partial charge in [-0.25, -0.2) is 0 Å². The summed E-state index contributed by atoms with van der Waals surface area (Å²) in [5, 5.41) is 24.6. The zero-order chi connectivity index (χ0) is 11.4. The molecule has 14 heavy (non-hydrogen) atoms. The number of aliphatic hydroxyl groups excluding tert-OH is 2. The first-order valence-electron chi connectivity index (χ1n) is 5.00. The molecule has 0 aliphatic rings. The maximum Gasteiger partial charge on any atom is 0.305 e. The summed E-state index contributed by atoms with van der Waals surface area (Å²) in [5.41, 5.74) is 0. The summed E-state index contributed by atoms with van der Waals surface area (Å²) in [5.74, 6) is -0.972. The quantitative estimate of drug-likeness (QED) is 0.572. The summed E-state index contributed by atoms with van der Waals surface area (Å²) in [4.78, 5) is 9.70. The van der Waals surface area contributed by atoms with Crippen molar-refractivity contribution in [3.63, 3.8) is 0 Å². The van der Waals surface area contributed by atoms with Crippen LogP contribution in [0.15, 0.2) is 0 Å². The molecule has 0 aromatic rings. The van der Waals surface area contributed by atoms with Crippen molar-refractivity contribution in [1.82, 2.24) is 0 Å². The lowest BCUT2D eigenvalue weighted by molar-refractivity contribution is -0.140. The topological polar surface area (TPSA) is 77.8 Å². The Morgan fingerprint density at radius 2 is 1.29 bits per heavy atom. The Morgan fingerprint density at radius 1 is 1.00 bits per heavy atom. The summed E-state index contributed by atoms with van der Waals surface area (Å²) >= 11 is 0. The molecule has 3 N–H and O–H groups in total. The van der Waals surface area contributed by atoms with Gasteiger partial charge in [0, 0.05) is 13.2 Å². The van der Waals surface area contributed by atoms with E-state index in [0.29, 0.717) is 0 Å². The van der Waals surface area contributed by atoms with Crippen molar-refractivity contribution in [2.24, 2.45) is 5.92 Å². The second kappa shape index (κ2) is 12.4. The number of carboxylic acids is 1. The third kappa shape index (κ3) is 17.5. The van der Waals surface area contributed by atoms with Crippen molar-refractivity contribution < 1.29 is 20.1 Å². The molecule has 0 aromatic carbocycles. The first-order valence-corrected chi connectivity index (χ1v) is 5.00. The number of aliphatic carboxylic acids is 1. The molecule has 0 aromatic heterocycles. The fourth-order valence-electron chi connectivity index (χ4n) is 0.577. The molecule has 0 spiro atoms. The van der Waals surface area contributed by atoms with Gasteiger partial charge in [0.1, 0.15) is 0 Å². The highest BCUT2D eigenvalue weighted by Crippen LogP contribution is 1.96. The summed E-state index contributed by atoms with van der Waals surface area (Å²) in [6.07, 6.45) is 3.83. The fourth-order valence-corrected chi connectivity index (χ4v) is 0.577. The number of hydrogen-bond donors (Lipinski definition) is 3. The van der Waals surface area contributed by atoms with Gasteiger partial charge in [-0.05, 0) is 12.8 Å². The van der Waals surface area contributed by atoms with Gasteiger partial charge < -0.3 is 15.3 Å². The van der Waals surface area contributed by atoms with Gasteiger partial charge in [0.05, 0.1) is 5.92 Å². The van der Waals surface area contributed by atoms with Crippen LogP contribution in [0.4, 0.5) is 0 Å². The summed E-state index contributed by atoms with van der Waals surface area (Å²) in [6.45, 7) is 3.85. The first kappa shape index (κ1) is 15.8. The van der Waals surface area contributed by atoms with Gasteiger partial charge in [0.2, 0.25) is 0 Å². The minimum atomic E-state index is -0.741. The lowest BCUT2D eigenvalue weighted by Gasteiger charge is -1.93. The number of rotatable bonds is 6. The van der Waals surface area contributed by atoms with Crippen LogP contribution >= 0.6 is 0 Å². The standard InChI is InChI=1S/C6H14O2.C4H8O2/c7-5-3-1-2-4-6-8;1-3(2)4(5)6/h7-8H,1-6H2;3H,1-2H3,(H,5,6). The number of aliphatic hydroxyl groups is 2. The molecule has 0 aliphatic carbocycles. The lowest BCUT2D eigenvalue weighted by Crippen LogP contribution is -2.03. The monoisotopic (exact) mass is 206 g/mol. The number of hydrogen-bond acceptors (Lipinski definition) is 3. The second-order valence-electron chi connectivity index (χ2n) is 3.35. The van der Waals surface area contributed by atoms with Crippen molar-refractivity contribution in [3.8, 4) is 0 Å². The Morgan fingerprint density at radius 3 is 1.43 bits per heavy atom. The molecule has 0 saturated carbocycles. The number of carboxylic acid groups (broad SMARTS) is 1. The zero-order valence-corrected chi connectivity index (χ0v) is 9.07. The predicted octanol–water partition coefficient (Wildman–Crippen LogP) is 1.26. The average molecular weight is 206 g/mol. The smallest absolute Gasteiger partial charge is 0.305 e. The molecule has 0 amide bonds. The summed E-state index contributed by atoms with van der Waals surface area (Å²) < 4.78 is 0. The van der Waals surface area contributed by atoms with Gasteiger partial charge in [-0.1, -0.05) is 26.7 Å². The van der Waals surface area contributed by atoms with Crippen LogP contribution in [0.1, 0.15) is 39.5 Å². The van der Waals surface area contributed by atoms with Crippen LogP contribution in [0.5, 0.6) is 0 Å². The van der Waals surface area contributed by atoms with Gasteiger partial charge in [-0.2, -0.15) is 0 Å². The molecule has 0 saturated heterocycles. The highest BCUT2D eigenvalue weighted by atomic mass is 16.4. The van der Waals surface area contributed by atoms with Gasteiger partial charge >= 0.3 is 5.97 Å². The maximum atomic E-state index is 9.70. The molecule has 0 heterocycles. The van der Waals surface area contributed by atoms with Crippen LogP contribution in [0.3, 0.4) is 0 Å². The van der Waals surface area contributed by atoms with E-state index in [1.54, 1.807) is 13.8 Å². The largest absolute Gasteiger partial charge is 0.481 e. The fraction of sp³-hybridized carbons (Fsp3) is 0.900. The Balaban J connectivity index is 0. The van der Waals surface area contributed by atoms with E-state index >= 15 is 0 Å². The van der Waals surface area contributed by atoms with Crippen LogP contribution < -0.4 is 0 Å². The van der Waals surface area contributed by atoms with Crippen molar-refractivity contribution >= 4 is 5.97 Å². The molecular formula is C10H22O4. The van der Waals surface area contributed by atoms with Crippen LogP contribution in [0.2, 0.25) is 0 Å². The molecule has 86 valence electrons. The van der Waals surface area contributed by atoms with Crippen LogP contribution in [0, 0.1) is 5.92 Å². The molecular weight excluding hydrogens is 184 g/mol. The Labute approximate surface area is 85.6 Å². The second-order valence-corrected chi connectivity index (χ2v) is 3.35. The normalized spacial score (nSPS) is 9.50. The molecule has 0 unspecified atom stereocenters. The maximum absolute atomic E-state index is 9.70. The minimum Gasteiger partial charge on any atom is -0.481 e. The molecule has 0 rings (SSSR count). The van der Waals surface area contributed by atoms with Crippen molar-refractivity contribution in [2.75, 3.05) is 13.2 Å². The lowest BCUT2D eigenvalue weighted by atomic mass is 10.2. The average Bonchev–Trinajstić information content (AvgIpc) is 2.13. The van der Waals surface area contributed by atoms with E-state index in [1.807, 2.05) is 0 Å². The van der Waals surface area contributed by atoms with Crippen LogP contribution in [-0.2, 0) is 4.79 Å². The molecule has 0 fully saturated rings. The summed E-state index contributed by atoms with van der Waals surface area (Å²) in [7, 11) is 0. The van der Waals surface area contributed by atoms with E-state index in [1.165, 1.54) is 0 Å². The van der Waals surface area contributed by atoms with Gasteiger partial charge in [0.15, 0.2) is 0 Å². The van der Waals surface area contributed by atoms with Crippen molar-refractivity contribution in [2.45, 2.75) is 39.5 Å². The van der Waals surface area contributed by atoms with Crippen LogP contribution in [-0.4, -0.2) is 34.5 Å². The molecule has 0 radical (unpaired) electrons.